The Kier molecular flexibility index (Phi) is 5.59. The van der Waals surface area contributed by atoms with Crippen molar-refractivity contribution in [2.45, 2.75) is 31.5 Å². The van der Waals surface area contributed by atoms with Gasteiger partial charge in [0.1, 0.15) is 6.04 Å². The molecular weight excluding hydrogens is 313 g/mol. The number of hydroxylamine groups is 1. The smallest absolute Gasteiger partial charge is 0.330 e. The molecule has 1 aliphatic rings. The first-order valence-corrected chi connectivity index (χ1v) is 7.18. The molecule has 1 aromatic carbocycles. The van der Waals surface area contributed by atoms with Crippen LogP contribution in [0, 0.1) is 0 Å². The molecule has 1 saturated heterocycles. The number of amides is 2. The van der Waals surface area contributed by atoms with Crippen molar-refractivity contribution < 1.29 is 27.6 Å². The molecule has 0 spiro atoms. The number of halogens is 3. The van der Waals surface area contributed by atoms with Gasteiger partial charge in [0, 0.05) is 6.54 Å². The molecule has 0 bridgehead atoms. The Morgan fingerprint density at radius 3 is 2.61 bits per heavy atom. The van der Waals surface area contributed by atoms with E-state index in [9.17, 15) is 22.8 Å². The second-order valence-electron chi connectivity index (χ2n) is 5.28. The first-order chi connectivity index (χ1) is 10.9. The van der Waals surface area contributed by atoms with E-state index in [-0.39, 0.29) is 12.3 Å². The van der Waals surface area contributed by atoms with Crippen LogP contribution in [-0.4, -0.2) is 42.1 Å². The highest BCUT2D eigenvalue weighted by Gasteiger charge is 2.35. The van der Waals surface area contributed by atoms with Crippen LogP contribution in [0.3, 0.4) is 0 Å². The average Bonchev–Trinajstić information content (AvgIpc) is 2.96. The number of hydrogen-bond donors (Lipinski definition) is 1. The molecule has 0 aromatic heterocycles. The van der Waals surface area contributed by atoms with E-state index in [0.29, 0.717) is 19.4 Å². The normalized spacial score (nSPS) is 18.0. The van der Waals surface area contributed by atoms with Gasteiger partial charge >= 0.3 is 6.18 Å². The molecule has 1 aliphatic heterocycles. The first-order valence-electron chi connectivity index (χ1n) is 7.18. The van der Waals surface area contributed by atoms with Gasteiger partial charge in [0.05, 0.1) is 6.42 Å². The number of alkyl halides is 3. The molecule has 1 unspecified atom stereocenters. The van der Waals surface area contributed by atoms with E-state index in [4.69, 9.17) is 0 Å². The zero-order valence-electron chi connectivity index (χ0n) is 12.3. The van der Waals surface area contributed by atoms with Gasteiger partial charge in [-0.2, -0.15) is 13.2 Å². The van der Waals surface area contributed by atoms with Crippen molar-refractivity contribution in [1.82, 2.24) is 10.4 Å². The maximum absolute atomic E-state index is 12.3. The lowest BCUT2D eigenvalue weighted by Crippen LogP contribution is -2.47. The maximum atomic E-state index is 12.3. The Hall–Kier alpha value is -2.09. The second kappa shape index (κ2) is 7.45. The van der Waals surface area contributed by atoms with Crippen molar-refractivity contribution in [3.05, 3.63) is 35.9 Å². The van der Waals surface area contributed by atoms with E-state index in [2.05, 4.69) is 4.84 Å². The van der Waals surface area contributed by atoms with Gasteiger partial charge in [-0.15, -0.1) is 0 Å². The Bertz CT molecular complexity index is 549. The number of hydrogen-bond acceptors (Lipinski definition) is 3. The van der Waals surface area contributed by atoms with Crippen LogP contribution < -0.4 is 5.48 Å². The lowest BCUT2D eigenvalue weighted by Gasteiger charge is -2.24. The van der Waals surface area contributed by atoms with E-state index in [1.807, 2.05) is 18.2 Å². The SMILES string of the molecule is O=C(NOCC(F)(F)F)C1CCCN1C(=O)Cc1ccccc1. The van der Waals surface area contributed by atoms with E-state index >= 15 is 0 Å². The summed E-state index contributed by atoms with van der Waals surface area (Å²) in [5, 5.41) is 0. The average molecular weight is 330 g/mol. The third kappa shape index (κ3) is 5.24. The van der Waals surface area contributed by atoms with Crippen LogP contribution in [0.5, 0.6) is 0 Å². The van der Waals surface area contributed by atoms with Gasteiger partial charge in [-0.3, -0.25) is 14.4 Å². The number of carbonyl (C=O) groups excluding carboxylic acids is 2. The molecule has 1 fully saturated rings. The minimum atomic E-state index is -4.52. The van der Waals surface area contributed by atoms with Gasteiger partial charge in [0.15, 0.2) is 6.61 Å². The summed E-state index contributed by atoms with van der Waals surface area (Å²) in [5.41, 5.74) is 2.59. The number of rotatable bonds is 5. The van der Waals surface area contributed by atoms with Gasteiger partial charge < -0.3 is 4.90 Å². The molecule has 2 amide bonds. The Labute approximate surface area is 131 Å². The highest BCUT2D eigenvalue weighted by molar-refractivity contribution is 5.88. The highest BCUT2D eigenvalue weighted by atomic mass is 19.4. The molecule has 0 radical (unpaired) electrons. The van der Waals surface area contributed by atoms with E-state index in [0.717, 1.165) is 5.56 Å². The van der Waals surface area contributed by atoms with Gasteiger partial charge in [-0.25, -0.2) is 5.48 Å². The molecular formula is C15H17F3N2O3. The maximum Gasteiger partial charge on any atom is 0.414 e. The topological polar surface area (TPSA) is 58.6 Å². The summed E-state index contributed by atoms with van der Waals surface area (Å²) in [6.45, 7) is -1.16. The monoisotopic (exact) mass is 330 g/mol. The summed E-state index contributed by atoms with van der Waals surface area (Å²) < 4.78 is 36.0. The van der Waals surface area contributed by atoms with Gasteiger partial charge in [0.2, 0.25) is 5.91 Å². The molecule has 1 heterocycles. The first kappa shape index (κ1) is 17.3. The lowest BCUT2D eigenvalue weighted by atomic mass is 10.1. The van der Waals surface area contributed by atoms with Crippen molar-refractivity contribution in [3.63, 3.8) is 0 Å². The molecule has 1 atom stereocenters. The zero-order chi connectivity index (χ0) is 16.9. The number of nitrogens with zero attached hydrogens (tertiary/aromatic N) is 1. The fourth-order valence-corrected chi connectivity index (χ4v) is 2.47. The van der Waals surface area contributed by atoms with Gasteiger partial charge in [-0.1, -0.05) is 30.3 Å². The molecule has 1 aromatic rings. The van der Waals surface area contributed by atoms with Crippen LogP contribution in [0.15, 0.2) is 30.3 Å². The summed E-state index contributed by atoms with van der Waals surface area (Å²) in [6.07, 6.45) is -3.35. The summed E-state index contributed by atoms with van der Waals surface area (Å²) in [5.74, 6) is -0.960. The standard InChI is InChI=1S/C15H17F3N2O3/c16-15(17,18)10-23-19-14(22)12-7-4-8-20(12)13(21)9-11-5-2-1-3-6-11/h1-3,5-6,12H,4,7-10H2,(H,19,22). The van der Waals surface area contributed by atoms with Crippen LogP contribution in [0.4, 0.5) is 13.2 Å². The number of benzene rings is 1. The highest BCUT2D eigenvalue weighted by Crippen LogP contribution is 2.19. The number of likely N-dealkylation sites (tertiary alicyclic amines) is 1. The van der Waals surface area contributed by atoms with Crippen molar-refractivity contribution in [3.8, 4) is 0 Å². The largest absolute Gasteiger partial charge is 0.414 e. The van der Waals surface area contributed by atoms with Gasteiger partial charge in [0.25, 0.3) is 5.91 Å². The second-order valence-corrected chi connectivity index (χ2v) is 5.28. The molecule has 8 heteroatoms. The lowest BCUT2D eigenvalue weighted by molar-refractivity contribution is -0.193. The quantitative estimate of drug-likeness (QED) is 0.838. The Morgan fingerprint density at radius 2 is 1.96 bits per heavy atom. The van der Waals surface area contributed by atoms with Crippen molar-refractivity contribution in [2.75, 3.05) is 13.2 Å². The minimum absolute atomic E-state index is 0.147. The van der Waals surface area contributed by atoms with Crippen molar-refractivity contribution >= 4 is 11.8 Å². The fraction of sp³-hybridized carbons (Fsp3) is 0.467. The van der Waals surface area contributed by atoms with Gasteiger partial charge in [-0.05, 0) is 18.4 Å². The Morgan fingerprint density at radius 1 is 1.26 bits per heavy atom. The summed E-state index contributed by atoms with van der Waals surface area (Å²) in [6, 6.07) is 8.26. The van der Waals surface area contributed by atoms with E-state index in [1.165, 1.54) is 4.90 Å². The van der Waals surface area contributed by atoms with Crippen LogP contribution >= 0.6 is 0 Å². The minimum Gasteiger partial charge on any atom is -0.330 e. The molecule has 5 nitrogen and oxygen atoms in total. The molecule has 2 rings (SSSR count). The third-order valence-electron chi connectivity index (χ3n) is 3.48. The molecule has 0 saturated carbocycles. The van der Waals surface area contributed by atoms with Crippen LogP contribution in [-0.2, 0) is 20.8 Å². The summed E-state index contributed by atoms with van der Waals surface area (Å²) in [7, 11) is 0. The summed E-state index contributed by atoms with van der Waals surface area (Å²) in [4.78, 5) is 29.7. The van der Waals surface area contributed by atoms with Crippen molar-refractivity contribution in [2.24, 2.45) is 0 Å². The van der Waals surface area contributed by atoms with Crippen molar-refractivity contribution in [1.29, 1.82) is 0 Å². The summed E-state index contributed by atoms with van der Waals surface area (Å²) >= 11 is 0. The molecule has 0 aliphatic carbocycles. The van der Waals surface area contributed by atoms with Crippen LogP contribution in [0.2, 0.25) is 0 Å². The number of nitrogens with one attached hydrogen (secondary N) is 1. The number of carbonyl (C=O) groups is 2. The predicted octanol–water partition coefficient (Wildman–Crippen LogP) is 1.83. The zero-order valence-corrected chi connectivity index (χ0v) is 12.3. The third-order valence-corrected chi connectivity index (χ3v) is 3.48. The molecule has 23 heavy (non-hydrogen) atoms. The molecule has 126 valence electrons. The van der Waals surface area contributed by atoms with Crippen LogP contribution in [0.1, 0.15) is 18.4 Å². The fourth-order valence-electron chi connectivity index (χ4n) is 2.47. The molecule has 1 N–H and O–H groups in total. The van der Waals surface area contributed by atoms with Crippen LogP contribution in [0.25, 0.3) is 0 Å². The van der Waals surface area contributed by atoms with E-state index in [1.54, 1.807) is 17.6 Å². The Balaban J connectivity index is 1.89. The predicted molar refractivity (Wildman–Crippen MR) is 75.0 cm³/mol. The van der Waals surface area contributed by atoms with E-state index < -0.39 is 24.7 Å².